The van der Waals surface area contributed by atoms with Crippen molar-refractivity contribution in [2.45, 2.75) is 44.3 Å². The first-order chi connectivity index (χ1) is 12.7. The van der Waals surface area contributed by atoms with Gasteiger partial charge in [0.05, 0.1) is 13.0 Å². The number of likely N-dealkylation sites (tertiary alicyclic amines) is 1. The van der Waals surface area contributed by atoms with Crippen LogP contribution in [0.1, 0.15) is 31.2 Å². The zero-order chi connectivity index (χ0) is 18.1. The predicted molar refractivity (Wildman–Crippen MR) is 105 cm³/mol. The van der Waals surface area contributed by atoms with E-state index in [4.69, 9.17) is 4.74 Å². The number of rotatable bonds is 4. The number of nitrogens with one attached hydrogen (secondary N) is 1. The molecule has 1 N–H and O–H groups in total. The van der Waals surface area contributed by atoms with Gasteiger partial charge in [0.2, 0.25) is 11.8 Å². The number of amides is 2. The van der Waals surface area contributed by atoms with Crippen LogP contribution in [0.5, 0.6) is 5.75 Å². The number of benzene rings is 1. The molecular formula is C20H28ClN3O3. The lowest BCUT2D eigenvalue weighted by molar-refractivity contribution is -0.138. The van der Waals surface area contributed by atoms with E-state index in [0.29, 0.717) is 31.6 Å². The molecule has 6 nitrogen and oxygen atoms in total. The molecule has 0 aliphatic carbocycles. The van der Waals surface area contributed by atoms with E-state index >= 15 is 0 Å². The zero-order valence-electron chi connectivity index (χ0n) is 15.7. The van der Waals surface area contributed by atoms with Crippen LogP contribution in [-0.4, -0.2) is 60.4 Å². The molecule has 0 aromatic heterocycles. The smallest absolute Gasteiger partial charge is 0.228 e. The Bertz CT molecular complexity index is 668. The van der Waals surface area contributed by atoms with Crippen LogP contribution in [0.25, 0.3) is 0 Å². The van der Waals surface area contributed by atoms with Crippen molar-refractivity contribution in [2.24, 2.45) is 5.92 Å². The number of methoxy groups -OCH3 is 1. The Balaban J connectivity index is 0.00000210. The van der Waals surface area contributed by atoms with Gasteiger partial charge in [-0.25, -0.2) is 0 Å². The highest BCUT2D eigenvalue weighted by molar-refractivity contribution is 5.89. The first-order valence-electron chi connectivity index (χ1n) is 9.59. The Hall–Kier alpha value is -1.79. The summed E-state index contributed by atoms with van der Waals surface area (Å²) in [6.07, 6.45) is 3.56. The average Bonchev–Trinajstić information content (AvgIpc) is 3.13. The van der Waals surface area contributed by atoms with Crippen molar-refractivity contribution in [3.63, 3.8) is 0 Å². The third kappa shape index (κ3) is 4.06. The topological polar surface area (TPSA) is 61.9 Å². The summed E-state index contributed by atoms with van der Waals surface area (Å²) in [5, 5.41) is 3.43. The molecule has 3 unspecified atom stereocenters. The van der Waals surface area contributed by atoms with Gasteiger partial charge in [0, 0.05) is 38.1 Å². The molecule has 3 aliphatic rings. The molecule has 27 heavy (non-hydrogen) atoms. The van der Waals surface area contributed by atoms with Gasteiger partial charge in [0.25, 0.3) is 0 Å². The van der Waals surface area contributed by atoms with Gasteiger partial charge >= 0.3 is 0 Å². The molecule has 3 saturated heterocycles. The zero-order valence-corrected chi connectivity index (χ0v) is 16.5. The van der Waals surface area contributed by atoms with Crippen molar-refractivity contribution in [2.75, 3.05) is 26.7 Å². The Morgan fingerprint density at radius 1 is 1.19 bits per heavy atom. The predicted octanol–water partition coefficient (Wildman–Crippen LogP) is 1.82. The van der Waals surface area contributed by atoms with Crippen LogP contribution in [0.3, 0.4) is 0 Å². The van der Waals surface area contributed by atoms with Crippen molar-refractivity contribution in [1.29, 1.82) is 0 Å². The summed E-state index contributed by atoms with van der Waals surface area (Å²) < 4.78 is 5.18. The molecular weight excluding hydrogens is 366 g/mol. The molecule has 0 radical (unpaired) electrons. The largest absolute Gasteiger partial charge is 0.497 e. The molecule has 2 bridgehead atoms. The number of ether oxygens (including phenoxy) is 1. The number of hydrogen-bond acceptors (Lipinski definition) is 4. The molecule has 7 heteroatoms. The highest BCUT2D eigenvalue weighted by Crippen LogP contribution is 2.32. The highest BCUT2D eigenvalue weighted by atomic mass is 35.5. The lowest BCUT2D eigenvalue weighted by Gasteiger charge is -2.30. The van der Waals surface area contributed by atoms with E-state index in [1.807, 2.05) is 29.2 Å². The first kappa shape index (κ1) is 20.0. The third-order valence-corrected chi connectivity index (χ3v) is 6.00. The Labute approximate surface area is 166 Å². The fraction of sp³-hybridized carbons (Fsp3) is 0.600. The molecule has 2 amide bonds. The standard InChI is InChI=1S/C20H27N3O3.ClH/c1-26-18-6-2-14(3-7-18)12-22-13-15(10-19(22)24)20(25)23-16-4-5-17(23)11-21-9-8-16;/h2-3,6-7,15-17,21H,4-5,8-13H2,1H3;1H. The van der Waals surface area contributed by atoms with Gasteiger partial charge in [0.1, 0.15) is 5.75 Å². The van der Waals surface area contributed by atoms with E-state index in [9.17, 15) is 9.59 Å². The SMILES string of the molecule is COc1ccc(CN2CC(C(=O)N3C4CCNCC3CC4)CC2=O)cc1.Cl. The Kier molecular flexibility index (Phi) is 6.27. The van der Waals surface area contributed by atoms with Crippen LogP contribution < -0.4 is 10.1 Å². The van der Waals surface area contributed by atoms with Crippen molar-refractivity contribution >= 4 is 24.2 Å². The normalized spacial score (nSPS) is 27.3. The van der Waals surface area contributed by atoms with Gasteiger partial charge in [-0.2, -0.15) is 0 Å². The molecule has 0 saturated carbocycles. The van der Waals surface area contributed by atoms with Gasteiger partial charge in [-0.1, -0.05) is 12.1 Å². The summed E-state index contributed by atoms with van der Waals surface area (Å²) >= 11 is 0. The number of halogens is 1. The summed E-state index contributed by atoms with van der Waals surface area (Å²) in [4.78, 5) is 29.5. The number of carbonyl (C=O) groups is 2. The minimum atomic E-state index is -0.193. The second-order valence-electron chi connectivity index (χ2n) is 7.65. The van der Waals surface area contributed by atoms with Gasteiger partial charge in [-0.15, -0.1) is 12.4 Å². The number of hydrogen-bond donors (Lipinski definition) is 1. The monoisotopic (exact) mass is 393 g/mol. The van der Waals surface area contributed by atoms with Gasteiger partial charge < -0.3 is 19.9 Å². The summed E-state index contributed by atoms with van der Waals surface area (Å²) in [5.74, 6) is 0.882. The maximum Gasteiger partial charge on any atom is 0.228 e. The second kappa shape index (κ2) is 8.48. The van der Waals surface area contributed by atoms with E-state index in [1.54, 1.807) is 7.11 Å². The lowest BCUT2D eigenvalue weighted by Crippen LogP contribution is -2.46. The van der Waals surface area contributed by atoms with Crippen LogP contribution in [0.15, 0.2) is 24.3 Å². The number of nitrogens with zero attached hydrogens (tertiary/aromatic N) is 2. The Morgan fingerprint density at radius 2 is 1.93 bits per heavy atom. The van der Waals surface area contributed by atoms with Gasteiger partial charge in [-0.3, -0.25) is 9.59 Å². The maximum atomic E-state index is 13.1. The number of carbonyl (C=O) groups excluding carboxylic acids is 2. The van der Waals surface area contributed by atoms with E-state index < -0.39 is 0 Å². The molecule has 1 aromatic rings. The average molecular weight is 394 g/mol. The van der Waals surface area contributed by atoms with Crippen LogP contribution in [0, 0.1) is 5.92 Å². The van der Waals surface area contributed by atoms with E-state index in [1.165, 1.54) is 0 Å². The van der Waals surface area contributed by atoms with E-state index in [2.05, 4.69) is 10.2 Å². The van der Waals surface area contributed by atoms with E-state index in [-0.39, 0.29) is 30.1 Å². The fourth-order valence-corrected chi connectivity index (χ4v) is 4.59. The summed E-state index contributed by atoms with van der Waals surface area (Å²) in [6, 6.07) is 8.42. The van der Waals surface area contributed by atoms with Crippen molar-refractivity contribution in [1.82, 2.24) is 15.1 Å². The Morgan fingerprint density at radius 3 is 2.67 bits per heavy atom. The minimum Gasteiger partial charge on any atom is -0.497 e. The summed E-state index contributed by atoms with van der Waals surface area (Å²) in [6.45, 7) is 2.96. The summed E-state index contributed by atoms with van der Waals surface area (Å²) in [5.41, 5.74) is 1.06. The van der Waals surface area contributed by atoms with Crippen LogP contribution in [-0.2, 0) is 16.1 Å². The quantitative estimate of drug-likeness (QED) is 0.847. The van der Waals surface area contributed by atoms with Crippen LogP contribution in [0.4, 0.5) is 0 Å². The highest BCUT2D eigenvalue weighted by Gasteiger charge is 2.43. The maximum absolute atomic E-state index is 13.1. The second-order valence-corrected chi connectivity index (χ2v) is 7.65. The van der Waals surface area contributed by atoms with Gasteiger partial charge in [0.15, 0.2) is 0 Å². The van der Waals surface area contributed by atoms with Crippen molar-refractivity contribution in [3.8, 4) is 5.75 Å². The molecule has 3 fully saturated rings. The third-order valence-electron chi connectivity index (χ3n) is 6.00. The van der Waals surface area contributed by atoms with Crippen LogP contribution in [0.2, 0.25) is 0 Å². The van der Waals surface area contributed by atoms with Gasteiger partial charge in [-0.05, 0) is 43.5 Å². The minimum absolute atomic E-state index is 0. The fourth-order valence-electron chi connectivity index (χ4n) is 4.59. The van der Waals surface area contributed by atoms with Crippen molar-refractivity contribution in [3.05, 3.63) is 29.8 Å². The molecule has 1 aromatic carbocycles. The molecule has 3 atom stereocenters. The lowest BCUT2D eigenvalue weighted by atomic mass is 10.1. The van der Waals surface area contributed by atoms with Crippen molar-refractivity contribution < 1.29 is 14.3 Å². The molecule has 4 rings (SSSR count). The first-order valence-corrected chi connectivity index (χ1v) is 9.59. The molecule has 0 spiro atoms. The summed E-state index contributed by atoms with van der Waals surface area (Å²) in [7, 11) is 1.64. The molecule has 3 heterocycles. The molecule has 148 valence electrons. The molecule has 3 aliphatic heterocycles. The van der Waals surface area contributed by atoms with E-state index in [0.717, 1.165) is 43.7 Å². The number of fused-ring (bicyclic) bond motifs is 2. The van der Waals surface area contributed by atoms with Crippen LogP contribution >= 0.6 is 12.4 Å².